The van der Waals surface area contributed by atoms with Gasteiger partial charge in [-0.2, -0.15) is 0 Å². The monoisotopic (exact) mass is 256 g/mol. The van der Waals surface area contributed by atoms with Crippen LogP contribution >= 0.6 is 22.7 Å². The Morgan fingerprint density at radius 1 is 1.62 bits per heavy atom. The molecule has 2 aromatic rings. The average Bonchev–Trinajstić information content (AvgIpc) is 2.82. The zero-order valence-electron chi connectivity index (χ0n) is 8.26. The highest BCUT2D eigenvalue weighted by atomic mass is 32.1. The molecule has 0 saturated heterocycles. The van der Waals surface area contributed by atoms with Crippen molar-refractivity contribution in [3.63, 3.8) is 0 Å². The van der Waals surface area contributed by atoms with Crippen LogP contribution in [0.1, 0.15) is 10.5 Å². The second-order valence-electron chi connectivity index (χ2n) is 2.86. The van der Waals surface area contributed by atoms with Crippen LogP contribution in [-0.2, 0) is 0 Å². The molecule has 0 aliphatic heterocycles. The quantitative estimate of drug-likeness (QED) is 0.879. The van der Waals surface area contributed by atoms with Crippen molar-refractivity contribution in [2.24, 2.45) is 0 Å². The number of hydrogen-bond acceptors (Lipinski definition) is 6. The molecule has 0 radical (unpaired) electrons. The summed E-state index contributed by atoms with van der Waals surface area (Å²) >= 11 is 2.58. The lowest BCUT2D eigenvalue weighted by molar-refractivity contribution is 0.0692. The fraction of sp³-hybridized carbons (Fsp3) is 0.111. The summed E-state index contributed by atoms with van der Waals surface area (Å²) in [5.74, 6) is -0.439. The van der Waals surface area contributed by atoms with Crippen molar-refractivity contribution in [2.75, 3.05) is 12.8 Å². The first-order valence-electron chi connectivity index (χ1n) is 4.25. The number of anilines is 1. The van der Waals surface area contributed by atoms with E-state index in [0.717, 1.165) is 16.2 Å². The Kier molecular flexibility index (Phi) is 2.80. The minimum Gasteiger partial charge on any atom is -0.495 e. The van der Waals surface area contributed by atoms with Gasteiger partial charge in [0.25, 0.3) is 0 Å². The van der Waals surface area contributed by atoms with Gasteiger partial charge in [-0.3, -0.25) is 0 Å². The van der Waals surface area contributed by atoms with Gasteiger partial charge in [0.05, 0.1) is 7.11 Å². The number of nitrogens with two attached hydrogens (primary N) is 1. The molecule has 0 unspecified atom stereocenters. The third kappa shape index (κ3) is 1.74. The Morgan fingerprint density at radius 3 is 2.94 bits per heavy atom. The van der Waals surface area contributed by atoms with Gasteiger partial charge in [0, 0.05) is 0 Å². The number of nitrogens with zero attached hydrogens (tertiary/aromatic N) is 1. The zero-order valence-corrected chi connectivity index (χ0v) is 9.89. The zero-order chi connectivity index (χ0) is 11.7. The number of aromatic nitrogens is 1. The summed E-state index contributed by atoms with van der Waals surface area (Å²) < 4.78 is 5.14. The molecule has 0 spiro atoms. The van der Waals surface area contributed by atoms with Crippen LogP contribution in [0, 0.1) is 0 Å². The Bertz CT molecular complexity index is 533. The topological polar surface area (TPSA) is 85.4 Å². The number of carboxylic acid groups (broad SMARTS) is 1. The highest BCUT2D eigenvalue weighted by Gasteiger charge is 2.18. The maximum absolute atomic E-state index is 10.8. The highest BCUT2D eigenvalue weighted by molar-refractivity contribution is 7.23. The van der Waals surface area contributed by atoms with Gasteiger partial charge in [0.1, 0.15) is 20.6 Å². The van der Waals surface area contributed by atoms with Crippen LogP contribution in [0.2, 0.25) is 0 Å². The van der Waals surface area contributed by atoms with E-state index < -0.39 is 5.97 Å². The van der Waals surface area contributed by atoms with E-state index in [1.54, 1.807) is 13.2 Å². The number of aromatic carboxylic acids is 1. The second-order valence-corrected chi connectivity index (χ2v) is 4.80. The summed E-state index contributed by atoms with van der Waals surface area (Å²) in [4.78, 5) is 15.6. The average molecular weight is 256 g/mol. The van der Waals surface area contributed by atoms with E-state index in [9.17, 15) is 4.79 Å². The Balaban J connectivity index is 2.49. The number of thiophene rings is 1. The molecule has 2 rings (SSSR count). The number of rotatable bonds is 3. The smallest absolute Gasteiger partial charge is 0.357 e. The van der Waals surface area contributed by atoms with Crippen molar-refractivity contribution in [1.82, 2.24) is 4.98 Å². The number of ether oxygens (including phenoxy) is 1. The standard InChI is InChI=1S/C9H8N2O3S2/c1-14-4-2-3-15-6(4)8-11-5(9(12)13)7(10)16-8/h2-3H,10H2,1H3,(H,12,13). The van der Waals surface area contributed by atoms with Gasteiger partial charge in [-0.25, -0.2) is 9.78 Å². The first-order chi connectivity index (χ1) is 7.63. The Morgan fingerprint density at radius 2 is 2.38 bits per heavy atom. The van der Waals surface area contributed by atoms with Crippen LogP contribution in [0.15, 0.2) is 11.4 Å². The van der Waals surface area contributed by atoms with E-state index in [2.05, 4.69) is 4.98 Å². The van der Waals surface area contributed by atoms with E-state index in [1.165, 1.54) is 11.3 Å². The molecule has 5 nitrogen and oxygen atoms in total. The number of carbonyl (C=O) groups is 1. The minimum atomic E-state index is -1.12. The molecule has 3 N–H and O–H groups in total. The van der Waals surface area contributed by atoms with E-state index >= 15 is 0 Å². The van der Waals surface area contributed by atoms with Crippen molar-refractivity contribution >= 4 is 33.6 Å². The molecular formula is C9H8N2O3S2. The fourth-order valence-corrected chi connectivity index (χ4v) is 2.98. The van der Waals surface area contributed by atoms with Crippen LogP contribution in [0.3, 0.4) is 0 Å². The fourth-order valence-electron chi connectivity index (χ4n) is 1.20. The number of nitrogen functional groups attached to an aromatic ring is 1. The second kappa shape index (κ2) is 4.11. The molecular weight excluding hydrogens is 248 g/mol. The van der Waals surface area contributed by atoms with Crippen molar-refractivity contribution in [3.8, 4) is 15.6 Å². The van der Waals surface area contributed by atoms with Gasteiger partial charge in [-0.1, -0.05) is 11.3 Å². The summed E-state index contributed by atoms with van der Waals surface area (Å²) in [6.45, 7) is 0. The molecule has 0 saturated carbocycles. The van der Waals surface area contributed by atoms with Crippen molar-refractivity contribution < 1.29 is 14.6 Å². The molecule has 0 fully saturated rings. The van der Waals surface area contributed by atoms with Gasteiger partial charge in [-0.05, 0) is 11.4 Å². The first-order valence-corrected chi connectivity index (χ1v) is 5.94. The summed E-state index contributed by atoms with van der Waals surface area (Å²) in [5.41, 5.74) is 5.48. The third-order valence-electron chi connectivity index (χ3n) is 1.90. The predicted octanol–water partition coefficient (Wildman–Crippen LogP) is 2.16. The lowest BCUT2D eigenvalue weighted by Gasteiger charge is -1.97. The summed E-state index contributed by atoms with van der Waals surface area (Å²) in [6.07, 6.45) is 0. The summed E-state index contributed by atoms with van der Waals surface area (Å²) in [5, 5.41) is 11.5. The molecule has 2 heterocycles. The maximum Gasteiger partial charge on any atom is 0.357 e. The SMILES string of the molecule is COc1ccsc1-c1nc(C(=O)O)c(N)s1. The van der Waals surface area contributed by atoms with Crippen molar-refractivity contribution in [3.05, 3.63) is 17.1 Å². The van der Waals surface area contributed by atoms with Crippen LogP contribution in [-0.4, -0.2) is 23.2 Å². The molecule has 0 amide bonds. The molecule has 2 aromatic heterocycles. The number of thiazole rings is 1. The largest absolute Gasteiger partial charge is 0.495 e. The summed E-state index contributed by atoms with van der Waals surface area (Å²) in [6, 6.07) is 1.80. The van der Waals surface area contributed by atoms with Crippen LogP contribution in [0.5, 0.6) is 5.75 Å². The van der Waals surface area contributed by atoms with Gasteiger partial charge < -0.3 is 15.6 Å². The van der Waals surface area contributed by atoms with Gasteiger partial charge in [0.15, 0.2) is 5.69 Å². The van der Waals surface area contributed by atoms with Gasteiger partial charge in [-0.15, -0.1) is 11.3 Å². The van der Waals surface area contributed by atoms with E-state index in [1.807, 2.05) is 5.38 Å². The van der Waals surface area contributed by atoms with E-state index in [0.29, 0.717) is 10.8 Å². The highest BCUT2D eigenvalue weighted by Crippen LogP contribution is 2.39. The van der Waals surface area contributed by atoms with Crippen LogP contribution in [0.25, 0.3) is 9.88 Å². The van der Waals surface area contributed by atoms with Crippen LogP contribution in [0.4, 0.5) is 5.00 Å². The molecule has 0 bridgehead atoms. The Labute approximate surface area is 99.1 Å². The molecule has 0 aliphatic carbocycles. The summed E-state index contributed by atoms with van der Waals surface area (Å²) in [7, 11) is 1.56. The van der Waals surface area contributed by atoms with E-state index in [-0.39, 0.29) is 10.7 Å². The molecule has 0 aromatic carbocycles. The Hall–Kier alpha value is -1.60. The molecule has 16 heavy (non-hydrogen) atoms. The number of hydrogen-bond donors (Lipinski definition) is 2. The normalized spacial score (nSPS) is 10.3. The molecule has 0 aliphatic rings. The van der Waals surface area contributed by atoms with Crippen LogP contribution < -0.4 is 10.5 Å². The predicted molar refractivity (Wildman–Crippen MR) is 63.4 cm³/mol. The molecule has 84 valence electrons. The number of carboxylic acids is 1. The lowest BCUT2D eigenvalue weighted by atomic mass is 10.4. The molecule has 0 atom stereocenters. The van der Waals surface area contributed by atoms with E-state index in [4.69, 9.17) is 15.6 Å². The van der Waals surface area contributed by atoms with Gasteiger partial charge >= 0.3 is 5.97 Å². The van der Waals surface area contributed by atoms with Gasteiger partial charge in [0.2, 0.25) is 0 Å². The molecule has 7 heteroatoms. The third-order valence-corrected chi connectivity index (χ3v) is 3.83. The first kappa shape index (κ1) is 10.9. The van der Waals surface area contributed by atoms with Crippen molar-refractivity contribution in [2.45, 2.75) is 0 Å². The maximum atomic E-state index is 10.8. The minimum absolute atomic E-state index is 0.101. The number of methoxy groups -OCH3 is 1. The lowest BCUT2D eigenvalue weighted by Crippen LogP contribution is -2.00. The van der Waals surface area contributed by atoms with Crippen molar-refractivity contribution in [1.29, 1.82) is 0 Å².